The molecule has 9 aromatic rings. The zero-order valence-electron chi connectivity index (χ0n) is 27.6. The fourth-order valence-corrected chi connectivity index (χ4v) is 9.37. The van der Waals surface area contributed by atoms with Crippen molar-refractivity contribution in [3.8, 4) is 22.3 Å². The molecule has 0 saturated carbocycles. The molecule has 2 aliphatic rings. The highest BCUT2D eigenvalue weighted by Crippen LogP contribution is 2.63. The minimum Gasteiger partial charge on any atom is -0.310 e. The fourth-order valence-electron chi connectivity index (χ4n) is 9.37. The van der Waals surface area contributed by atoms with Crippen molar-refractivity contribution >= 4 is 49.4 Å². The van der Waals surface area contributed by atoms with E-state index in [1.807, 2.05) is 12.1 Å². The zero-order chi connectivity index (χ0) is 33.7. The van der Waals surface area contributed by atoms with Gasteiger partial charge in [-0.05, 0) is 114 Å². The Morgan fingerprint density at radius 3 is 1.37 bits per heavy atom. The van der Waals surface area contributed by atoms with Crippen molar-refractivity contribution < 1.29 is 4.39 Å². The number of hydrogen-bond acceptors (Lipinski definition) is 1. The standard InChI is InChI=1S/C49H30FN/c50-31-24-26-32(27-25-31)51(47-23-11-19-41-36-13-2-1-12-34(36)35-14-3-4-18-40(35)48(41)47)33-28-29-46-42(30-33)39-17-7-10-22-45(39)49(46)43-20-8-5-15-37(43)38-16-6-9-21-44(38)49/h1-30H. The number of benzene rings is 9. The summed E-state index contributed by atoms with van der Waals surface area (Å²) in [5.41, 5.74) is 12.9. The highest BCUT2D eigenvalue weighted by atomic mass is 19.1. The number of nitrogens with zero attached hydrogens (tertiary/aromatic N) is 1. The van der Waals surface area contributed by atoms with E-state index in [4.69, 9.17) is 0 Å². The van der Waals surface area contributed by atoms with Gasteiger partial charge in [0.15, 0.2) is 0 Å². The molecule has 2 aliphatic carbocycles. The van der Waals surface area contributed by atoms with Gasteiger partial charge < -0.3 is 4.90 Å². The normalized spacial score (nSPS) is 13.4. The third kappa shape index (κ3) is 3.74. The van der Waals surface area contributed by atoms with E-state index in [9.17, 15) is 4.39 Å². The molecule has 0 aromatic heterocycles. The first-order valence-electron chi connectivity index (χ1n) is 17.5. The molecule has 51 heavy (non-hydrogen) atoms. The molecule has 0 fully saturated rings. The average Bonchev–Trinajstić information content (AvgIpc) is 3.66. The lowest BCUT2D eigenvalue weighted by Crippen LogP contribution is -2.25. The third-order valence-electron chi connectivity index (χ3n) is 11.3. The topological polar surface area (TPSA) is 3.24 Å². The van der Waals surface area contributed by atoms with Crippen molar-refractivity contribution in [3.63, 3.8) is 0 Å². The summed E-state index contributed by atoms with van der Waals surface area (Å²) in [4.78, 5) is 2.31. The molecule has 0 saturated heterocycles. The highest BCUT2D eigenvalue weighted by Gasteiger charge is 2.51. The van der Waals surface area contributed by atoms with E-state index in [0.717, 1.165) is 17.1 Å². The largest absolute Gasteiger partial charge is 0.310 e. The van der Waals surface area contributed by atoms with Gasteiger partial charge in [-0.2, -0.15) is 0 Å². The van der Waals surface area contributed by atoms with Crippen molar-refractivity contribution in [2.24, 2.45) is 0 Å². The van der Waals surface area contributed by atoms with E-state index in [1.54, 1.807) is 12.1 Å². The lowest BCUT2D eigenvalue weighted by molar-refractivity contribution is 0.628. The predicted molar refractivity (Wildman–Crippen MR) is 210 cm³/mol. The summed E-state index contributed by atoms with van der Waals surface area (Å²) in [6, 6.07) is 64.5. The van der Waals surface area contributed by atoms with E-state index >= 15 is 0 Å². The lowest BCUT2D eigenvalue weighted by Gasteiger charge is -2.31. The van der Waals surface area contributed by atoms with Gasteiger partial charge in [0.25, 0.3) is 0 Å². The molecule has 0 radical (unpaired) electrons. The smallest absolute Gasteiger partial charge is 0.123 e. The number of hydrogen-bond donors (Lipinski definition) is 0. The number of anilines is 3. The maximum absolute atomic E-state index is 14.5. The first-order valence-corrected chi connectivity index (χ1v) is 17.5. The Bertz CT molecular complexity index is 2790. The molecule has 11 rings (SSSR count). The van der Waals surface area contributed by atoms with Gasteiger partial charge in [-0.1, -0.05) is 140 Å². The summed E-state index contributed by atoms with van der Waals surface area (Å²) in [6.07, 6.45) is 0. The third-order valence-corrected chi connectivity index (χ3v) is 11.3. The van der Waals surface area contributed by atoms with Crippen LogP contribution in [-0.2, 0) is 5.41 Å². The van der Waals surface area contributed by atoms with E-state index in [2.05, 4.69) is 163 Å². The van der Waals surface area contributed by atoms with Crippen LogP contribution in [0.2, 0.25) is 0 Å². The van der Waals surface area contributed by atoms with Gasteiger partial charge in [0.1, 0.15) is 5.82 Å². The van der Waals surface area contributed by atoms with Gasteiger partial charge in [-0.3, -0.25) is 0 Å². The van der Waals surface area contributed by atoms with Crippen LogP contribution >= 0.6 is 0 Å². The molecule has 0 N–H and O–H groups in total. The molecule has 238 valence electrons. The Hall–Kier alpha value is -6.51. The summed E-state index contributed by atoms with van der Waals surface area (Å²) in [7, 11) is 0. The van der Waals surface area contributed by atoms with E-state index < -0.39 is 5.41 Å². The van der Waals surface area contributed by atoms with Gasteiger partial charge in [0.05, 0.1) is 11.1 Å². The molecule has 0 atom stereocenters. The molecule has 0 unspecified atom stereocenters. The van der Waals surface area contributed by atoms with Crippen molar-refractivity contribution in [1.29, 1.82) is 0 Å². The second-order valence-corrected chi connectivity index (χ2v) is 13.7. The van der Waals surface area contributed by atoms with Crippen LogP contribution in [0.25, 0.3) is 54.6 Å². The van der Waals surface area contributed by atoms with Crippen molar-refractivity contribution in [2.45, 2.75) is 5.41 Å². The molecule has 1 nitrogen and oxygen atoms in total. The van der Waals surface area contributed by atoms with Crippen LogP contribution in [0, 0.1) is 5.82 Å². The maximum atomic E-state index is 14.5. The highest BCUT2D eigenvalue weighted by molar-refractivity contribution is 6.28. The van der Waals surface area contributed by atoms with Gasteiger partial charge in [0.2, 0.25) is 0 Å². The number of halogens is 1. The van der Waals surface area contributed by atoms with Crippen LogP contribution in [0.4, 0.5) is 21.5 Å². The van der Waals surface area contributed by atoms with Gasteiger partial charge in [-0.25, -0.2) is 4.39 Å². The van der Waals surface area contributed by atoms with Gasteiger partial charge >= 0.3 is 0 Å². The first-order chi connectivity index (χ1) is 25.2. The van der Waals surface area contributed by atoms with Crippen molar-refractivity contribution in [1.82, 2.24) is 0 Å². The van der Waals surface area contributed by atoms with Crippen LogP contribution in [0.15, 0.2) is 182 Å². The maximum Gasteiger partial charge on any atom is 0.123 e. The van der Waals surface area contributed by atoms with Crippen LogP contribution in [0.1, 0.15) is 22.3 Å². The average molecular weight is 652 g/mol. The Morgan fingerprint density at radius 1 is 0.353 bits per heavy atom. The molecule has 0 heterocycles. The minimum absolute atomic E-state index is 0.253. The Kier molecular flexibility index (Phi) is 5.83. The molecule has 2 heteroatoms. The Balaban J connectivity index is 1.22. The summed E-state index contributed by atoms with van der Waals surface area (Å²) in [6.45, 7) is 0. The van der Waals surface area contributed by atoms with Crippen molar-refractivity contribution in [2.75, 3.05) is 4.90 Å². The minimum atomic E-state index is -0.410. The predicted octanol–water partition coefficient (Wildman–Crippen LogP) is 13.1. The van der Waals surface area contributed by atoms with Crippen LogP contribution < -0.4 is 4.90 Å². The molecule has 0 aliphatic heterocycles. The molecular formula is C49H30FN. The molecular weight excluding hydrogens is 622 g/mol. The van der Waals surface area contributed by atoms with Crippen molar-refractivity contribution in [3.05, 3.63) is 210 Å². The molecule has 1 spiro atoms. The number of fused-ring (bicyclic) bond motifs is 16. The summed E-state index contributed by atoms with van der Waals surface area (Å²) >= 11 is 0. The molecule has 0 amide bonds. The number of rotatable bonds is 3. The van der Waals surface area contributed by atoms with Crippen LogP contribution in [0.3, 0.4) is 0 Å². The van der Waals surface area contributed by atoms with E-state index in [1.165, 1.54) is 76.8 Å². The Morgan fingerprint density at radius 2 is 0.784 bits per heavy atom. The van der Waals surface area contributed by atoms with E-state index in [0.29, 0.717) is 0 Å². The van der Waals surface area contributed by atoms with Gasteiger partial charge in [0, 0.05) is 16.8 Å². The Labute approximate surface area is 295 Å². The molecule has 0 bridgehead atoms. The zero-order valence-corrected chi connectivity index (χ0v) is 27.6. The SMILES string of the molecule is Fc1ccc(N(c2ccc3c(c2)-c2ccccc2C32c3ccccc3-c3ccccc32)c2cccc3c4ccccc4c4ccccc4c23)cc1. The second-order valence-electron chi connectivity index (χ2n) is 13.7. The van der Waals surface area contributed by atoms with Crippen LogP contribution in [-0.4, -0.2) is 0 Å². The van der Waals surface area contributed by atoms with Crippen LogP contribution in [0.5, 0.6) is 0 Å². The quantitative estimate of drug-likeness (QED) is 0.172. The second kappa shape index (κ2) is 10.5. The summed E-state index contributed by atoms with van der Waals surface area (Å²) in [5.74, 6) is -0.253. The molecule has 9 aromatic carbocycles. The summed E-state index contributed by atoms with van der Waals surface area (Å²) in [5, 5.41) is 7.23. The monoisotopic (exact) mass is 651 g/mol. The lowest BCUT2D eigenvalue weighted by atomic mass is 9.70. The fraction of sp³-hybridized carbons (Fsp3) is 0.0204. The first kappa shape index (κ1) is 28.3. The summed E-state index contributed by atoms with van der Waals surface area (Å²) < 4.78 is 14.5. The van der Waals surface area contributed by atoms with Gasteiger partial charge in [-0.15, -0.1) is 0 Å². The van der Waals surface area contributed by atoms with E-state index in [-0.39, 0.29) is 5.82 Å².